The van der Waals surface area contributed by atoms with Gasteiger partial charge in [-0.15, -0.1) is 11.3 Å². The van der Waals surface area contributed by atoms with Gasteiger partial charge in [-0.2, -0.15) is 4.98 Å². The van der Waals surface area contributed by atoms with Gasteiger partial charge in [0.2, 0.25) is 11.8 Å². The fourth-order valence-corrected chi connectivity index (χ4v) is 3.22. The van der Waals surface area contributed by atoms with Gasteiger partial charge >= 0.3 is 0 Å². The Bertz CT molecular complexity index is 593. The van der Waals surface area contributed by atoms with Crippen molar-refractivity contribution in [1.29, 1.82) is 0 Å². The molecule has 1 saturated heterocycles. The van der Waals surface area contributed by atoms with Crippen LogP contribution in [0.4, 0.5) is 5.95 Å². The molecule has 5 nitrogen and oxygen atoms in total. The molecule has 1 aliphatic rings. The molecule has 0 spiro atoms. The molecule has 3 heterocycles. The molecule has 2 aromatic rings. The average molecular weight is 293 g/mol. The lowest BCUT2D eigenvalue weighted by Crippen LogP contribution is -2.26. The Morgan fingerprint density at radius 2 is 2.35 bits per heavy atom. The standard InChI is InChI=1S/C14H19N3O2S/c1-9-7-11-12(16-14(15-2)17-13(11)20-9)19-8-10-5-3-4-6-18-10/h7,10H,3-6,8H2,1-2H3,(H,15,16,17). The Balaban J connectivity index is 1.81. The second-order valence-electron chi connectivity index (χ2n) is 4.98. The van der Waals surface area contributed by atoms with E-state index in [0.29, 0.717) is 18.4 Å². The van der Waals surface area contributed by atoms with E-state index >= 15 is 0 Å². The third-order valence-electron chi connectivity index (χ3n) is 3.38. The number of nitrogens with one attached hydrogen (secondary N) is 1. The van der Waals surface area contributed by atoms with E-state index in [-0.39, 0.29) is 6.10 Å². The molecule has 0 aromatic carbocycles. The summed E-state index contributed by atoms with van der Waals surface area (Å²) in [5.41, 5.74) is 0. The molecule has 0 amide bonds. The van der Waals surface area contributed by atoms with Crippen molar-refractivity contribution in [3.8, 4) is 5.88 Å². The van der Waals surface area contributed by atoms with E-state index in [4.69, 9.17) is 9.47 Å². The van der Waals surface area contributed by atoms with Gasteiger partial charge in [-0.3, -0.25) is 0 Å². The molecule has 2 aromatic heterocycles. The molecular formula is C14H19N3O2S. The highest BCUT2D eigenvalue weighted by Gasteiger charge is 2.17. The molecule has 6 heteroatoms. The predicted octanol–water partition coefficient (Wildman–Crippen LogP) is 2.99. The summed E-state index contributed by atoms with van der Waals surface area (Å²) >= 11 is 1.65. The van der Waals surface area contributed by atoms with Crippen LogP contribution < -0.4 is 10.1 Å². The van der Waals surface area contributed by atoms with Crippen molar-refractivity contribution in [2.45, 2.75) is 32.3 Å². The number of fused-ring (bicyclic) bond motifs is 1. The Morgan fingerprint density at radius 3 is 3.10 bits per heavy atom. The molecule has 0 aliphatic carbocycles. The second kappa shape index (κ2) is 5.93. The highest BCUT2D eigenvalue weighted by molar-refractivity contribution is 7.18. The van der Waals surface area contributed by atoms with Crippen LogP contribution in [0.5, 0.6) is 5.88 Å². The normalized spacial score (nSPS) is 19.2. The van der Waals surface area contributed by atoms with Gasteiger partial charge in [-0.1, -0.05) is 0 Å². The van der Waals surface area contributed by atoms with Crippen LogP contribution in [0.2, 0.25) is 0 Å². The summed E-state index contributed by atoms with van der Waals surface area (Å²) in [5.74, 6) is 1.25. The van der Waals surface area contributed by atoms with Crippen LogP contribution in [0, 0.1) is 6.92 Å². The number of rotatable bonds is 4. The Kier molecular flexibility index (Phi) is 4.03. The summed E-state index contributed by atoms with van der Waals surface area (Å²) in [4.78, 5) is 11.0. The van der Waals surface area contributed by atoms with Crippen LogP contribution in [0.15, 0.2) is 6.07 Å². The number of thiophene rings is 1. The lowest BCUT2D eigenvalue weighted by molar-refractivity contribution is -0.0116. The highest BCUT2D eigenvalue weighted by Crippen LogP contribution is 2.31. The first-order valence-electron chi connectivity index (χ1n) is 6.96. The lowest BCUT2D eigenvalue weighted by Gasteiger charge is -2.22. The van der Waals surface area contributed by atoms with Crippen LogP contribution in [-0.4, -0.2) is 36.3 Å². The molecule has 1 atom stereocenters. The number of ether oxygens (including phenoxy) is 2. The van der Waals surface area contributed by atoms with Crippen LogP contribution >= 0.6 is 11.3 Å². The molecular weight excluding hydrogens is 274 g/mol. The molecule has 20 heavy (non-hydrogen) atoms. The van der Waals surface area contributed by atoms with E-state index in [1.165, 1.54) is 11.3 Å². The number of hydrogen-bond acceptors (Lipinski definition) is 6. The molecule has 1 aliphatic heterocycles. The third kappa shape index (κ3) is 2.86. The van der Waals surface area contributed by atoms with Crippen molar-refractivity contribution in [2.24, 2.45) is 0 Å². The summed E-state index contributed by atoms with van der Waals surface area (Å²) in [6.45, 7) is 3.47. The molecule has 0 saturated carbocycles. The van der Waals surface area contributed by atoms with Crippen LogP contribution in [-0.2, 0) is 4.74 Å². The summed E-state index contributed by atoms with van der Waals surface area (Å²) in [6.07, 6.45) is 3.62. The molecule has 1 fully saturated rings. The zero-order chi connectivity index (χ0) is 13.9. The van der Waals surface area contributed by atoms with Gasteiger partial charge < -0.3 is 14.8 Å². The number of nitrogens with zero attached hydrogens (tertiary/aromatic N) is 2. The smallest absolute Gasteiger partial charge is 0.227 e. The van der Waals surface area contributed by atoms with Crippen LogP contribution in [0.3, 0.4) is 0 Å². The van der Waals surface area contributed by atoms with Gasteiger partial charge in [0.1, 0.15) is 11.4 Å². The second-order valence-corrected chi connectivity index (χ2v) is 6.21. The lowest BCUT2D eigenvalue weighted by atomic mass is 10.1. The van der Waals surface area contributed by atoms with Gasteiger partial charge in [0, 0.05) is 18.5 Å². The monoisotopic (exact) mass is 293 g/mol. The maximum Gasteiger partial charge on any atom is 0.227 e. The van der Waals surface area contributed by atoms with Gasteiger partial charge in [-0.25, -0.2) is 4.98 Å². The average Bonchev–Trinajstić information content (AvgIpc) is 2.86. The van der Waals surface area contributed by atoms with Crippen molar-refractivity contribution >= 4 is 27.5 Å². The molecule has 1 N–H and O–H groups in total. The topological polar surface area (TPSA) is 56.3 Å². The first-order chi connectivity index (χ1) is 9.76. The minimum absolute atomic E-state index is 0.187. The first-order valence-corrected chi connectivity index (χ1v) is 7.78. The number of aromatic nitrogens is 2. The molecule has 108 valence electrons. The summed E-state index contributed by atoms with van der Waals surface area (Å²) in [6, 6.07) is 2.08. The quantitative estimate of drug-likeness (QED) is 0.939. The Labute approximate surface area is 122 Å². The molecule has 0 bridgehead atoms. The van der Waals surface area contributed by atoms with Gasteiger partial charge in [0.25, 0.3) is 0 Å². The fraction of sp³-hybridized carbons (Fsp3) is 0.571. The van der Waals surface area contributed by atoms with Crippen molar-refractivity contribution in [3.05, 3.63) is 10.9 Å². The molecule has 3 rings (SSSR count). The molecule has 1 unspecified atom stereocenters. The van der Waals surface area contributed by atoms with E-state index in [1.807, 2.05) is 7.05 Å². The predicted molar refractivity (Wildman–Crippen MR) is 80.8 cm³/mol. The maximum atomic E-state index is 5.91. The number of hydrogen-bond donors (Lipinski definition) is 1. The van der Waals surface area contributed by atoms with E-state index in [9.17, 15) is 0 Å². The van der Waals surface area contributed by atoms with E-state index in [1.54, 1.807) is 11.3 Å². The maximum absolute atomic E-state index is 5.91. The van der Waals surface area contributed by atoms with Crippen LogP contribution in [0.1, 0.15) is 24.1 Å². The largest absolute Gasteiger partial charge is 0.474 e. The zero-order valence-electron chi connectivity index (χ0n) is 11.8. The Morgan fingerprint density at radius 1 is 1.45 bits per heavy atom. The van der Waals surface area contributed by atoms with Gasteiger partial charge in [0.05, 0.1) is 11.5 Å². The Hall–Kier alpha value is -1.40. The minimum Gasteiger partial charge on any atom is -0.474 e. The highest BCUT2D eigenvalue weighted by atomic mass is 32.1. The summed E-state index contributed by atoms with van der Waals surface area (Å²) < 4.78 is 11.6. The van der Waals surface area contributed by atoms with Crippen molar-refractivity contribution in [3.63, 3.8) is 0 Å². The number of aryl methyl sites for hydroxylation is 1. The minimum atomic E-state index is 0.187. The third-order valence-corrected chi connectivity index (χ3v) is 4.33. The van der Waals surface area contributed by atoms with Gasteiger partial charge in [0.15, 0.2) is 0 Å². The van der Waals surface area contributed by atoms with Crippen molar-refractivity contribution in [2.75, 3.05) is 25.6 Å². The first kappa shape index (κ1) is 13.6. The van der Waals surface area contributed by atoms with Gasteiger partial charge in [-0.05, 0) is 32.3 Å². The SMILES string of the molecule is CNc1nc(OCC2CCCCO2)c2cc(C)sc2n1. The summed E-state index contributed by atoms with van der Waals surface area (Å²) in [5, 5.41) is 3.97. The summed E-state index contributed by atoms with van der Waals surface area (Å²) in [7, 11) is 1.82. The van der Waals surface area contributed by atoms with E-state index in [2.05, 4.69) is 28.3 Å². The number of anilines is 1. The fourth-order valence-electron chi connectivity index (χ4n) is 2.35. The van der Waals surface area contributed by atoms with E-state index < -0.39 is 0 Å². The van der Waals surface area contributed by atoms with Crippen LogP contribution in [0.25, 0.3) is 10.2 Å². The van der Waals surface area contributed by atoms with Crippen molar-refractivity contribution in [1.82, 2.24) is 9.97 Å². The van der Waals surface area contributed by atoms with E-state index in [0.717, 1.165) is 29.7 Å². The van der Waals surface area contributed by atoms with Crippen molar-refractivity contribution < 1.29 is 9.47 Å². The molecule has 0 radical (unpaired) electrons. The zero-order valence-corrected chi connectivity index (χ0v) is 12.6.